The first kappa shape index (κ1) is 15.6. The molecule has 18 heavy (non-hydrogen) atoms. The lowest BCUT2D eigenvalue weighted by molar-refractivity contribution is 0.0104. The molecule has 102 valence electrons. The Morgan fingerprint density at radius 3 is 2.67 bits per heavy atom. The third-order valence-electron chi connectivity index (χ3n) is 3.30. The average Bonchev–Trinajstić information content (AvgIpc) is 2.32. The van der Waals surface area contributed by atoms with Crippen LogP contribution in [-0.2, 0) is 6.42 Å². The van der Waals surface area contributed by atoms with E-state index in [9.17, 15) is 5.11 Å². The van der Waals surface area contributed by atoms with Crippen LogP contribution in [0.3, 0.4) is 0 Å². The number of halogens is 2. The van der Waals surface area contributed by atoms with E-state index in [1.54, 1.807) is 13.2 Å². The van der Waals surface area contributed by atoms with Gasteiger partial charge in [0.15, 0.2) is 0 Å². The monoisotopic (exact) mass is 291 g/mol. The van der Waals surface area contributed by atoms with E-state index in [0.717, 1.165) is 37.2 Å². The lowest BCUT2D eigenvalue weighted by Gasteiger charge is -2.33. The number of hydrogen-bond donors (Lipinski definition) is 2. The van der Waals surface area contributed by atoms with Gasteiger partial charge in [-0.25, -0.2) is 0 Å². The predicted molar refractivity (Wildman–Crippen MR) is 76.0 cm³/mol. The molecular formula is C13H19Cl2NO2. The second-order valence-electron chi connectivity index (χ2n) is 4.61. The molecule has 1 aliphatic heterocycles. The number of hydrogen-bond acceptors (Lipinski definition) is 3. The summed E-state index contributed by atoms with van der Waals surface area (Å²) in [6, 6.07) is 5.56. The summed E-state index contributed by atoms with van der Waals surface area (Å²) in [5, 5.41) is 14.4. The lowest BCUT2D eigenvalue weighted by atomic mass is 9.86. The summed E-state index contributed by atoms with van der Waals surface area (Å²) < 4.78 is 5.30. The Bertz CT molecular complexity index is 393. The molecule has 0 amide bonds. The number of nitrogens with one attached hydrogen (secondary N) is 1. The predicted octanol–water partition coefficient (Wildman–Crippen LogP) is 2.43. The number of aliphatic hydroxyl groups is 1. The molecule has 0 radical (unpaired) electrons. The first-order valence-electron chi connectivity index (χ1n) is 5.88. The zero-order valence-electron chi connectivity index (χ0n) is 10.4. The van der Waals surface area contributed by atoms with Gasteiger partial charge < -0.3 is 15.2 Å². The van der Waals surface area contributed by atoms with Crippen molar-refractivity contribution in [3.63, 3.8) is 0 Å². The second kappa shape index (κ2) is 6.62. The number of rotatable bonds is 3. The van der Waals surface area contributed by atoms with Crippen LogP contribution in [-0.4, -0.2) is 30.9 Å². The zero-order chi connectivity index (χ0) is 12.3. The Morgan fingerprint density at radius 2 is 2.06 bits per heavy atom. The van der Waals surface area contributed by atoms with Crippen LogP contribution in [0.4, 0.5) is 0 Å². The van der Waals surface area contributed by atoms with Gasteiger partial charge in [-0.3, -0.25) is 0 Å². The minimum Gasteiger partial charge on any atom is -0.496 e. The molecule has 1 aromatic carbocycles. The van der Waals surface area contributed by atoms with Crippen molar-refractivity contribution >= 4 is 24.0 Å². The van der Waals surface area contributed by atoms with Gasteiger partial charge in [0.2, 0.25) is 0 Å². The molecule has 2 N–H and O–H groups in total. The summed E-state index contributed by atoms with van der Waals surface area (Å²) in [7, 11) is 1.63. The van der Waals surface area contributed by atoms with Gasteiger partial charge in [-0.15, -0.1) is 12.4 Å². The van der Waals surface area contributed by atoms with Crippen molar-refractivity contribution in [3.05, 3.63) is 28.8 Å². The van der Waals surface area contributed by atoms with E-state index in [-0.39, 0.29) is 12.4 Å². The van der Waals surface area contributed by atoms with Gasteiger partial charge >= 0.3 is 0 Å². The van der Waals surface area contributed by atoms with Crippen LogP contribution in [0.15, 0.2) is 18.2 Å². The van der Waals surface area contributed by atoms with E-state index in [1.807, 2.05) is 12.1 Å². The zero-order valence-corrected chi connectivity index (χ0v) is 12.0. The molecular weight excluding hydrogens is 273 g/mol. The molecule has 5 heteroatoms. The highest BCUT2D eigenvalue weighted by molar-refractivity contribution is 6.30. The molecule has 3 nitrogen and oxygen atoms in total. The van der Waals surface area contributed by atoms with E-state index in [2.05, 4.69) is 5.32 Å². The molecule has 0 spiro atoms. The lowest BCUT2D eigenvalue weighted by Crippen LogP contribution is -2.43. The molecule has 0 aliphatic carbocycles. The maximum absolute atomic E-state index is 10.5. The summed E-state index contributed by atoms with van der Waals surface area (Å²) >= 11 is 5.92. The largest absolute Gasteiger partial charge is 0.496 e. The van der Waals surface area contributed by atoms with E-state index >= 15 is 0 Å². The summed E-state index contributed by atoms with van der Waals surface area (Å²) in [4.78, 5) is 0. The molecule has 1 aliphatic rings. The molecule has 0 aromatic heterocycles. The van der Waals surface area contributed by atoms with Crippen molar-refractivity contribution < 1.29 is 9.84 Å². The Morgan fingerprint density at radius 1 is 1.39 bits per heavy atom. The van der Waals surface area contributed by atoms with Crippen molar-refractivity contribution in [1.82, 2.24) is 5.32 Å². The number of methoxy groups -OCH3 is 1. The Kier molecular flexibility index (Phi) is 5.73. The van der Waals surface area contributed by atoms with Crippen LogP contribution in [0.5, 0.6) is 5.75 Å². The molecule has 1 heterocycles. The highest BCUT2D eigenvalue weighted by Crippen LogP contribution is 2.30. The number of benzene rings is 1. The van der Waals surface area contributed by atoms with Gasteiger partial charge in [-0.2, -0.15) is 0 Å². The fourth-order valence-electron chi connectivity index (χ4n) is 2.29. The maximum atomic E-state index is 10.5. The van der Waals surface area contributed by atoms with Crippen molar-refractivity contribution in [1.29, 1.82) is 0 Å². The van der Waals surface area contributed by atoms with E-state index in [4.69, 9.17) is 16.3 Å². The van der Waals surface area contributed by atoms with Crippen LogP contribution in [0.1, 0.15) is 18.4 Å². The van der Waals surface area contributed by atoms with Gasteiger partial charge in [0.1, 0.15) is 5.75 Å². The minimum atomic E-state index is -0.619. The summed E-state index contributed by atoms with van der Waals surface area (Å²) in [6.07, 6.45) is 2.17. The van der Waals surface area contributed by atoms with Gasteiger partial charge in [0.05, 0.1) is 12.7 Å². The molecule has 1 fully saturated rings. The van der Waals surface area contributed by atoms with Crippen molar-refractivity contribution in [2.24, 2.45) is 0 Å². The molecule has 2 rings (SSSR count). The van der Waals surface area contributed by atoms with Gasteiger partial charge in [0, 0.05) is 11.4 Å². The van der Waals surface area contributed by atoms with Crippen LogP contribution >= 0.6 is 24.0 Å². The normalized spacial score (nSPS) is 17.9. The van der Waals surface area contributed by atoms with Crippen molar-refractivity contribution in [2.45, 2.75) is 24.9 Å². The van der Waals surface area contributed by atoms with Gasteiger partial charge in [-0.05, 0) is 43.6 Å². The van der Waals surface area contributed by atoms with E-state index < -0.39 is 5.60 Å². The Balaban J connectivity index is 0.00000162. The molecule has 0 unspecified atom stereocenters. The fraction of sp³-hybridized carbons (Fsp3) is 0.538. The standard InChI is InChI=1S/C13H18ClNO2.ClH/c1-17-12-8-11(14)3-2-10(12)9-13(16)4-6-15-7-5-13;/h2-3,8,15-16H,4-7,9H2,1H3;1H. The molecule has 0 saturated carbocycles. The van der Waals surface area contributed by atoms with Crippen molar-refractivity contribution in [3.8, 4) is 5.75 Å². The first-order valence-corrected chi connectivity index (χ1v) is 6.26. The first-order chi connectivity index (χ1) is 8.13. The third-order valence-corrected chi connectivity index (χ3v) is 3.54. The molecule has 1 saturated heterocycles. The Hall–Kier alpha value is -0.480. The Labute approximate surface area is 119 Å². The highest BCUT2D eigenvalue weighted by Gasteiger charge is 2.30. The third kappa shape index (κ3) is 3.75. The number of ether oxygens (including phenoxy) is 1. The minimum absolute atomic E-state index is 0. The average molecular weight is 292 g/mol. The van der Waals surface area contributed by atoms with Crippen LogP contribution in [0.25, 0.3) is 0 Å². The van der Waals surface area contributed by atoms with Crippen molar-refractivity contribution in [2.75, 3.05) is 20.2 Å². The smallest absolute Gasteiger partial charge is 0.123 e. The highest BCUT2D eigenvalue weighted by atomic mass is 35.5. The van der Waals surface area contributed by atoms with Gasteiger partial charge in [0.25, 0.3) is 0 Å². The molecule has 1 aromatic rings. The molecule has 0 atom stereocenters. The maximum Gasteiger partial charge on any atom is 0.123 e. The summed E-state index contributed by atoms with van der Waals surface area (Å²) in [5.41, 5.74) is 0.396. The second-order valence-corrected chi connectivity index (χ2v) is 5.04. The van der Waals surface area contributed by atoms with E-state index in [1.165, 1.54) is 0 Å². The fourth-order valence-corrected chi connectivity index (χ4v) is 2.45. The number of piperidine rings is 1. The van der Waals surface area contributed by atoms with Gasteiger partial charge in [-0.1, -0.05) is 17.7 Å². The summed E-state index contributed by atoms with van der Waals surface area (Å²) in [6.45, 7) is 1.73. The van der Waals surface area contributed by atoms with Crippen LogP contribution < -0.4 is 10.1 Å². The van der Waals surface area contributed by atoms with Crippen LogP contribution in [0, 0.1) is 0 Å². The quantitative estimate of drug-likeness (QED) is 0.899. The SMILES string of the molecule is COc1cc(Cl)ccc1CC1(O)CCNCC1.Cl. The topological polar surface area (TPSA) is 41.5 Å². The van der Waals surface area contributed by atoms with E-state index in [0.29, 0.717) is 11.4 Å². The summed E-state index contributed by atoms with van der Waals surface area (Å²) in [5.74, 6) is 0.754. The van der Waals surface area contributed by atoms with Crippen LogP contribution in [0.2, 0.25) is 5.02 Å². The molecule has 0 bridgehead atoms.